The smallest absolute Gasteiger partial charge is 0.329 e. The Kier molecular flexibility index (Phi) is 5.89. The number of imide groups is 1. The maximum absolute atomic E-state index is 11.8. The fraction of sp³-hybridized carbons (Fsp3) is 0.455. The van der Waals surface area contributed by atoms with Gasteiger partial charge in [-0.05, 0) is 25.1 Å². The van der Waals surface area contributed by atoms with Gasteiger partial charge in [0.25, 0.3) is 5.91 Å². The Morgan fingerprint density at radius 3 is 2.95 bits per heavy atom. The molecule has 0 aromatic heterocycles. The van der Waals surface area contributed by atoms with Gasteiger partial charge in [-0.25, -0.2) is 9.69 Å². The van der Waals surface area contributed by atoms with Gasteiger partial charge in [0.05, 0.1) is 6.61 Å². The van der Waals surface area contributed by atoms with Crippen molar-refractivity contribution in [1.82, 2.24) is 10.2 Å². The maximum atomic E-state index is 11.8. The van der Waals surface area contributed by atoms with Gasteiger partial charge >= 0.3 is 12.0 Å². The van der Waals surface area contributed by atoms with Gasteiger partial charge in [0, 0.05) is 5.75 Å². The molecule has 0 saturated carbocycles. The number of nitrogens with zero attached hydrogens (tertiary/aromatic N) is 2. The normalized spacial score (nSPS) is 16.4. The van der Waals surface area contributed by atoms with Crippen molar-refractivity contribution >= 4 is 29.7 Å². The average Bonchev–Trinajstić information content (AvgIpc) is 2.63. The molecule has 1 saturated heterocycles. The summed E-state index contributed by atoms with van der Waals surface area (Å²) in [5.74, 6) is -0.659. The van der Waals surface area contributed by atoms with Crippen molar-refractivity contribution in [1.29, 1.82) is 5.26 Å². The highest BCUT2D eigenvalue weighted by Gasteiger charge is 2.34. The highest BCUT2D eigenvalue weighted by molar-refractivity contribution is 8.03. The van der Waals surface area contributed by atoms with Crippen molar-refractivity contribution in [3.63, 3.8) is 0 Å². The number of esters is 1. The van der Waals surface area contributed by atoms with Gasteiger partial charge < -0.3 is 10.1 Å². The van der Waals surface area contributed by atoms with Crippen LogP contribution in [-0.2, 0) is 14.3 Å². The van der Waals surface area contributed by atoms with Crippen molar-refractivity contribution in [2.75, 3.05) is 18.9 Å². The molecule has 8 heteroatoms. The highest BCUT2D eigenvalue weighted by Crippen LogP contribution is 2.11. The van der Waals surface area contributed by atoms with Crippen molar-refractivity contribution in [2.24, 2.45) is 0 Å². The van der Waals surface area contributed by atoms with Crippen LogP contribution in [0.25, 0.3) is 0 Å². The number of ether oxygens (including phenoxy) is 1. The summed E-state index contributed by atoms with van der Waals surface area (Å²) in [5.41, 5.74) is 0.132. The molecule has 1 rings (SSSR count). The van der Waals surface area contributed by atoms with Crippen molar-refractivity contribution < 1.29 is 19.1 Å². The fourth-order valence-electron chi connectivity index (χ4n) is 1.40. The Balaban J connectivity index is 2.58. The first-order valence-corrected chi connectivity index (χ1v) is 6.58. The monoisotopic (exact) mass is 283 g/mol. The molecule has 0 aromatic rings. The second kappa shape index (κ2) is 7.43. The van der Waals surface area contributed by atoms with E-state index in [-0.39, 0.29) is 12.3 Å². The molecule has 7 nitrogen and oxygen atoms in total. The van der Waals surface area contributed by atoms with E-state index in [0.717, 1.165) is 16.7 Å². The zero-order valence-corrected chi connectivity index (χ0v) is 11.2. The van der Waals surface area contributed by atoms with E-state index >= 15 is 0 Å². The molecule has 1 aliphatic rings. The topological polar surface area (TPSA) is 99.5 Å². The third-order valence-corrected chi connectivity index (χ3v) is 2.76. The van der Waals surface area contributed by atoms with Gasteiger partial charge in [0.15, 0.2) is 0 Å². The minimum absolute atomic E-state index is 0.132. The predicted molar refractivity (Wildman–Crippen MR) is 67.6 cm³/mol. The molecule has 0 aromatic carbocycles. The van der Waals surface area contributed by atoms with Gasteiger partial charge in [0.2, 0.25) is 0 Å². The van der Waals surface area contributed by atoms with E-state index in [2.05, 4.69) is 10.1 Å². The van der Waals surface area contributed by atoms with Gasteiger partial charge in [-0.3, -0.25) is 9.59 Å². The Hall–Kier alpha value is -2.01. The number of urea groups is 1. The van der Waals surface area contributed by atoms with E-state index in [0.29, 0.717) is 12.2 Å². The first kappa shape index (κ1) is 15.0. The highest BCUT2D eigenvalue weighted by atomic mass is 32.2. The van der Waals surface area contributed by atoms with E-state index < -0.39 is 24.5 Å². The minimum Gasteiger partial charge on any atom is -0.465 e. The lowest BCUT2D eigenvalue weighted by Crippen LogP contribution is -2.36. The van der Waals surface area contributed by atoms with Crippen molar-refractivity contribution in [3.8, 4) is 5.40 Å². The maximum Gasteiger partial charge on any atom is 0.329 e. The van der Waals surface area contributed by atoms with Crippen LogP contribution in [0.15, 0.2) is 11.8 Å². The Morgan fingerprint density at radius 1 is 1.58 bits per heavy atom. The molecule has 3 amide bonds. The minimum atomic E-state index is -0.641. The summed E-state index contributed by atoms with van der Waals surface area (Å²) in [6, 6.07) is -0.641. The zero-order chi connectivity index (χ0) is 14.3. The SMILES string of the molecule is CCOC(=O)CN1C(=O)NC(=CCCSC#N)C1=O. The van der Waals surface area contributed by atoms with E-state index in [1.165, 1.54) is 6.08 Å². The van der Waals surface area contributed by atoms with E-state index in [9.17, 15) is 14.4 Å². The zero-order valence-electron chi connectivity index (χ0n) is 10.3. The van der Waals surface area contributed by atoms with Crippen LogP contribution in [0.3, 0.4) is 0 Å². The molecule has 1 N–H and O–H groups in total. The number of rotatable bonds is 6. The van der Waals surface area contributed by atoms with Crippen LogP contribution < -0.4 is 5.32 Å². The molecule has 0 unspecified atom stereocenters. The standard InChI is InChI=1S/C11H13N3O4S/c1-2-18-9(15)6-14-10(16)8(13-11(14)17)4-3-5-19-7-12/h4H,2-3,5-6H2,1H3,(H,13,17). The lowest BCUT2D eigenvalue weighted by molar-refractivity contribution is -0.146. The molecule has 1 heterocycles. The number of amides is 3. The second-order valence-corrected chi connectivity index (χ2v) is 4.35. The molecule has 0 aliphatic carbocycles. The van der Waals surface area contributed by atoms with E-state index in [1.807, 2.05) is 5.40 Å². The number of thiocyanates is 1. The molecule has 1 fully saturated rings. The van der Waals surface area contributed by atoms with Crippen LogP contribution in [0, 0.1) is 10.7 Å². The van der Waals surface area contributed by atoms with Crippen LogP contribution in [0.5, 0.6) is 0 Å². The van der Waals surface area contributed by atoms with Gasteiger partial charge in [-0.2, -0.15) is 5.26 Å². The van der Waals surface area contributed by atoms with E-state index in [4.69, 9.17) is 5.26 Å². The summed E-state index contributed by atoms with van der Waals surface area (Å²) < 4.78 is 4.68. The van der Waals surface area contributed by atoms with Crippen LogP contribution >= 0.6 is 11.8 Å². The largest absolute Gasteiger partial charge is 0.465 e. The molecular formula is C11H13N3O4S. The van der Waals surface area contributed by atoms with E-state index in [1.54, 1.807) is 6.92 Å². The third kappa shape index (κ3) is 4.30. The number of hydrogen-bond donors (Lipinski definition) is 1. The van der Waals surface area contributed by atoms with Crippen LogP contribution in [0.4, 0.5) is 4.79 Å². The first-order chi connectivity index (χ1) is 9.10. The molecule has 102 valence electrons. The summed E-state index contributed by atoms with van der Waals surface area (Å²) >= 11 is 1.06. The second-order valence-electron chi connectivity index (χ2n) is 3.47. The summed E-state index contributed by atoms with van der Waals surface area (Å²) in [7, 11) is 0. The van der Waals surface area contributed by atoms with Crippen LogP contribution in [0.2, 0.25) is 0 Å². The number of hydrogen-bond acceptors (Lipinski definition) is 6. The summed E-state index contributed by atoms with van der Waals surface area (Å²) in [6.45, 7) is 1.43. The Morgan fingerprint density at radius 2 is 2.32 bits per heavy atom. The molecule has 0 bridgehead atoms. The van der Waals surface area contributed by atoms with Crippen molar-refractivity contribution in [3.05, 3.63) is 11.8 Å². The van der Waals surface area contributed by atoms with Gasteiger partial charge in [-0.1, -0.05) is 6.08 Å². The average molecular weight is 283 g/mol. The van der Waals surface area contributed by atoms with Crippen LogP contribution in [0.1, 0.15) is 13.3 Å². The van der Waals surface area contributed by atoms with Gasteiger partial charge in [0.1, 0.15) is 17.6 Å². The molecule has 0 radical (unpaired) electrons. The molecule has 1 aliphatic heterocycles. The number of thioether (sulfide) groups is 1. The quantitative estimate of drug-likeness (QED) is 0.252. The number of nitriles is 1. The lowest BCUT2D eigenvalue weighted by Gasteiger charge is -2.10. The Labute approximate surface area is 114 Å². The number of nitrogens with one attached hydrogen (secondary N) is 1. The fourth-order valence-corrected chi connectivity index (χ4v) is 1.73. The predicted octanol–water partition coefficient (Wildman–Crippen LogP) is 0.590. The Bertz CT molecular complexity index is 455. The van der Waals surface area contributed by atoms with Gasteiger partial charge in [-0.15, -0.1) is 0 Å². The summed E-state index contributed by atoms with van der Waals surface area (Å²) in [4.78, 5) is 35.4. The lowest BCUT2D eigenvalue weighted by atomic mass is 10.3. The number of carbonyl (C=O) groups excluding carboxylic acids is 3. The number of carbonyl (C=O) groups is 3. The van der Waals surface area contributed by atoms with Crippen molar-refractivity contribution in [2.45, 2.75) is 13.3 Å². The summed E-state index contributed by atoms with van der Waals surface area (Å²) in [5, 5.41) is 12.6. The third-order valence-electron chi connectivity index (χ3n) is 2.19. The van der Waals surface area contributed by atoms with Crippen LogP contribution in [-0.4, -0.2) is 41.7 Å². The molecule has 0 spiro atoms. The molecule has 19 heavy (non-hydrogen) atoms. The summed E-state index contributed by atoms with van der Waals surface area (Å²) in [6.07, 6.45) is 2.02. The first-order valence-electron chi connectivity index (χ1n) is 5.59. The number of allylic oxidation sites excluding steroid dienone is 1. The molecular weight excluding hydrogens is 270 g/mol. The molecule has 0 atom stereocenters.